The molecule has 0 radical (unpaired) electrons. The van der Waals surface area contributed by atoms with Crippen LogP contribution in [-0.2, 0) is 5.60 Å². The van der Waals surface area contributed by atoms with Gasteiger partial charge in [0.05, 0.1) is 0 Å². The first-order valence-electron chi connectivity index (χ1n) is 4.56. The second-order valence-corrected chi connectivity index (χ2v) is 4.46. The van der Waals surface area contributed by atoms with Gasteiger partial charge in [0.2, 0.25) is 0 Å². The minimum Gasteiger partial charge on any atom is -0.381 e. The van der Waals surface area contributed by atoms with Crippen molar-refractivity contribution in [1.29, 1.82) is 0 Å². The molecule has 0 amide bonds. The Balaban J connectivity index is 2.22. The molecule has 1 unspecified atom stereocenters. The van der Waals surface area contributed by atoms with Gasteiger partial charge in [-0.25, -0.2) is 4.98 Å². The largest absolute Gasteiger partial charge is 0.381 e. The number of aliphatic hydroxyl groups is 1. The van der Waals surface area contributed by atoms with Crippen molar-refractivity contribution in [3.05, 3.63) is 16.1 Å². The lowest BCUT2D eigenvalue weighted by Crippen LogP contribution is -2.43. The van der Waals surface area contributed by atoms with Crippen molar-refractivity contribution in [2.75, 3.05) is 13.1 Å². The first-order valence-corrected chi connectivity index (χ1v) is 5.44. The van der Waals surface area contributed by atoms with Crippen molar-refractivity contribution in [3.63, 3.8) is 0 Å². The zero-order chi connectivity index (χ0) is 9.31. The van der Waals surface area contributed by atoms with Crippen LogP contribution in [0.2, 0.25) is 0 Å². The van der Waals surface area contributed by atoms with Crippen molar-refractivity contribution in [1.82, 2.24) is 10.3 Å². The molecule has 1 aliphatic heterocycles. The van der Waals surface area contributed by atoms with Crippen LogP contribution in [0.25, 0.3) is 0 Å². The van der Waals surface area contributed by atoms with Crippen LogP contribution in [0.5, 0.6) is 0 Å². The second-order valence-electron chi connectivity index (χ2n) is 3.61. The first-order chi connectivity index (χ1) is 6.21. The minimum absolute atomic E-state index is 0.639. The van der Waals surface area contributed by atoms with Gasteiger partial charge in [0, 0.05) is 17.6 Å². The third-order valence-electron chi connectivity index (χ3n) is 2.38. The van der Waals surface area contributed by atoms with Gasteiger partial charge in [0.15, 0.2) is 0 Å². The quantitative estimate of drug-likeness (QED) is 0.708. The van der Waals surface area contributed by atoms with Gasteiger partial charge in [0.25, 0.3) is 0 Å². The molecule has 0 aliphatic carbocycles. The summed E-state index contributed by atoms with van der Waals surface area (Å²) in [6.45, 7) is 3.60. The summed E-state index contributed by atoms with van der Waals surface area (Å²) in [4.78, 5) is 4.33. The lowest BCUT2D eigenvalue weighted by molar-refractivity contribution is 0.0120. The maximum atomic E-state index is 10.2. The van der Waals surface area contributed by atoms with Gasteiger partial charge in [-0.15, -0.1) is 11.3 Å². The molecule has 1 saturated heterocycles. The van der Waals surface area contributed by atoms with Crippen molar-refractivity contribution < 1.29 is 5.11 Å². The van der Waals surface area contributed by atoms with Crippen LogP contribution in [0.15, 0.2) is 5.38 Å². The molecular weight excluding hydrogens is 184 g/mol. The molecule has 2 rings (SSSR count). The van der Waals surface area contributed by atoms with Gasteiger partial charge in [-0.05, 0) is 26.3 Å². The zero-order valence-electron chi connectivity index (χ0n) is 7.71. The van der Waals surface area contributed by atoms with Gasteiger partial charge < -0.3 is 10.4 Å². The van der Waals surface area contributed by atoms with E-state index in [9.17, 15) is 5.11 Å². The molecule has 1 aliphatic rings. The van der Waals surface area contributed by atoms with Crippen LogP contribution in [0.3, 0.4) is 0 Å². The summed E-state index contributed by atoms with van der Waals surface area (Å²) in [7, 11) is 0. The van der Waals surface area contributed by atoms with E-state index in [0.717, 1.165) is 30.1 Å². The summed E-state index contributed by atoms with van der Waals surface area (Å²) in [5.74, 6) is 0. The highest BCUT2D eigenvalue weighted by atomic mass is 32.1. The number of piperidine rings is 1. The highest BCUT2D eigenvalue weighted by molar-refractivity contribution is 7.09. The Kier molecular flexibility index (Phi) is 2.36. The monoisotopic (exact) mass is 198 g/mol. The number of nitrogens with zero attached hydrogens (tertiary/aromatic N) is 1. The number of hydrogen-bond acceptors (Lipinski definition) is 4. The number of rotatable bonds is 1. The predicted molar refractivity (Wildman–Crippen MR) is 52.9 cm³/mol. The Morgan fingerprint density at radius 1 is 1.69 bits per heavy atom. The van der Waals surface area contributed by atoms with E-state index in [-0.39, 0.29) is 0 Å². The Bertz CT molecular complexity index is 292. The number of aryl methyl sites for hydroxylation is 1. The van der Waals surface area contributed by atoms with E-state index in [1.807, 2.05) is 12.3 Å². The molecule has 13 heavy (non-hydrogen) atoms. The third-order valence-corrected chi connectivity index (χ3v) is 3.53. The van der Waals surface area contributed by atoms with E-state index in [4.69, 9.17) is 0 Å². The molecule has 1 atom stereocenters. The normalized spacial score (nSPS) is 29.1. The maximum Gasteiger partial charge on any atom is 0.128 e. The Hall–Kier alpha value is -0.450. The summed E-state index contributed by atoms with van der Waals surface area (Å²) in [6.07, 6.45) is 1.85. The molecule has 72 valence electrons. The third kappa shape index (κ3) is 1.75. The maximum absolute atomic E-state index is 10.2. The molecule has 1 aromatic heterocycles. The van der Waals surface area contributed by atoms with Gasteiger partial charge >= 0.3 is 0 Å². The van der Waals surface area contributed by atoms with Crippen molar-refractivity contribution in [2.24, 2.45) is 0 Å². The molecule has 1 aromatic rings. The van der Waals surface area contributed by atoms with E-state index in [1.165, 1.54) is 0 Å². The SMILES string of the molecule is Cc1csc(C2(O)CCCNC2)n1. The van der Waals surface area contributed by atoms with Gasteiger partial charge in [-0.1, -0.05) is 0 Å². The summed E-state index contributed by atoms with van der Waals surface area (Å²) in [5, 5.41) is 16.3. The van der Waals surface area contributed by atoms with Crippen LogP contribution >= 0.6 is 11.3 Å². The van der Waals surface area contributed by atoms with E-state index in [0.29, 0.717) is 6.54 Å². The van der Waals surface area contributed by atoms with Gasteiger partial charge in [0.1, 0.15) is 10.6 Å². The summed E-state index contributed by atoms with van der Waals surface area (Å²) in [5.41, 5.74) is 0.288. The average molecular weight is 198 g/mol. The van der Waals surface area contributed by atoms with Crippen LogP contribution in [-0.4, -0.2) is 23.2 Å². The number of nitrogens with one attached hydrogen (secondary N) is 1. The minimum atomic E-state index is -0.711. The van der Waals surface area contributed by atoms with Crippen molar-refractivity contribution in [2.45, 2.75) is 25.4 Å². The smallest absolute Gasteiger partial charge is 0.128 e. The first kappa shape index (κ1) is 9.12. The fraction of sp³-hybridized carbons (Fsp3) is 0.667. The highest BCUT2D eigenvalue weighted by Gasteiger charge is 2.33. The van der Waals surface area contributed by atoms with Gasteiger partial charge in [-0.3, -0.25) is 0 Å². The summed E-state index contributed by atoms with van der Waals surface area (Å²) >= 11 is 1.55. The van der Waals surface area contributed by atoms with E-state index in [1.54, 1.807) is 11.3 Å². The van der Waals surface area contributed by atoms with Crippen LogP contribution in [0.4, 0.5) is 0 Å². The zero-order valence-corrected chi connectivity index (χ0v) is 8.52. The molecular formula is C9H14N2OS. The molecule has 4 heteroatoms. The summed E-state index contributed by atoms with van der Waals surface area (Å²) in [6, 6.07) is 0. The molecule has 0 bridgehead atoms. The molecule has 0 saturated carbocycles. The van der Waals surface area contributed by atoms with Crippen LogP contribution in [0, 0.1) is 6.92 Å². The van der Waals surface area contributed by atoms with Crippen molar-refractivity contribution in [3.8, 4) is 0 Å². The van der Waals surface area contributed by atoms with E-state index < -0.39 is 5.60 Å². The Morgan fingerprint density at radius 3 is 3.08 bits per heavy atom. The number of aromatic nitrogens is 1. The Labute approximate surface area is 81.8 Å². The summed E-state index contributed by atoms with van der Waals surface area (Å²) < 4.78 is 0. The topological polar surface area (TPSA) is 45.1 Å². The molecule has 0 spiro atoms. The van der Waals surface area contributed by atoms with Crippen LogP contribution < -0.4 is 5.32 Å². The molecule has 2 heterocycles. The molecule has 0 aromatic carbocycles. The van der Waals surface area contributed by atoms with E-state index in [2.05, 4.69) is 10.3 Å². The van der Waals surface area contributed by atoms with Crippen molar-refractivity contribution >= 4 is 11.3 Å². The second kappa shape index (κ2) is 3.36. The Morgan fingerprint density at radius 2 is 2.54 bits per heavy atom. The standard InChI is InChI=1S/C9H14N2OS/c1-7-5-13-8(11-7)9(12)3-2-4-10-6-9/h5,10,12H,2-4,6H2,1H3. The number of hydrogen-bond donors (Lipinski definition) is 2. The predicted octanol–water partition coefficient (Wildman–Crippen LogP) is 1.02. The highest BCUT2D eigenvalue weighted by Crippen LogP contribution is 2.30. The lowest BCUT2D eigenvalue weighted by Gasteiger charge is -2.30. The number of thiazole rings is 1. The fourth-order valence-electron chi connectivity index (χ4n) is 1.64. The molecule has 2 N–H and O–H groups in total. The fourth-order valence-corrected chi connectivity index (χ4v) is 2.56. The van der Waals surface area contributed by atoms with Crippen LogP contribution in [0.1, 0.15) is 23.5 Å². The lowest BCUT2D eigenvalue weighted by atomic mass is 9.95. The molecule has 3 nitrogen and oxygen atoms in total. The molecule has 1 fully saturated rings. The number of β-amino-alcohol motifs (C(OH)–C–C–N with tert-alkyl or cyclic N) is 1. The van der Waals surface area contributed by atoms with Gasteiger partial charge in [-0.2, -0.15) is 0 Å². The average Bonchev–Trinajstić information content (AvgIpc) is 2.54. The van der Waals surface area contributed by atoms with E-state index >= 15 is 0 Å².